The molecule has 2 saturated heterocycles. The number of thiophene rings is 1. The lowest BCUT2D eigenvalue weighted by Gasteiger charge is -2.28. The predicted molar refractivity (Wildman–Crippen MR) is 74.7 cm³/mol. The van der Waals surface area contributed by atoms with E-state index in [9.17, 15) is 0 Å². The molecule has 3 atom stereocenters. The van der Waals surface area contributed by atoms with Crippen LogP contribution in [0.1, 0.15) is 49.3 Å². The minimum Gasteiger partial charge on any atom is -0.294 e. The van der Waals surface area contributed by atoms with Crippen molar-refractivity contribution < 1.29 is 0 Å². The number of hydrogen-bond donors (Lipinski definition) is 0. The average Bonchev–Trinajstić information content (AvgIpc) is 2.99. The van der Waals surface area contributed by atoms with E-state index in [1.165, 1.54) is 38.5 Å². The summed E-state index contributed by atoms with van der Waals surface area (Å²) < 4.78 is 0. The molecule has 3 rings (SSSR count). The highest BCUT2D eigenvalue weighted by Crippen LogP contribution is 2.38. The first-order chi connectivity index (χ1) is 8.28. The van der Waals surface area contributed by atoms with Gasteiger partial charge < -0.3 is 0 Å². The van der Waals surface area contributed by atoms with Gasteiger partial charge in [-0.3, -0.25) is 4.90 Å². The normalized spacial score (nSPS) is 33.2. The monoisotopic (exact) mass is 249 g/mol. The fourth-order valence-corrected chi connectivity index (χ4v) is 4.77. The minimum atomic E-state index is 0.832. The quantitative estimate of drug-likeness (QED) is 0.786. The van der Waals surface area contributed by atoms with Gasteiger partial charge in [0.2, 0.25) is 0 Å². The average molecular weight is 249 g/mol. The van der Waals surface area contributed by atoms with E-state index in [0.29, 0.717) is 0 Å². The van der Waals surface area contributed by atoms with Crippen molar-refractivity contribution in [2.24, 2.45) is 0 Å². The summed E-state index contributed by atoms with van der Waals surface area (Å²) in [6, 6.07) is 7.26. The highest BCUT2D eigenvalue weighted by Gasteiger charge is 2.40. The molecule has 2 fully saturated rings. The van der Waals surface area contributed by atoms with Gasteiger partial charge in [-0.2, -0.15) is 0 Å². The van der Waals surface area contributed by atoms with Crippen molar-refractivity contribution in [3.05, 3.63) is 21.9 Å². The zero-order valence-corrected chi connectivity index (χ0v) is 11.8. The Morgan fingerprint density at radius 2 is 1.94 bits per heavy atom. The van der Waals surface area contributed by atoms with Crippen LogP contribution in [0, 0.1) is 0 Å². The van der Waals surface area contributed by atoms with E-state index in [2.05, 4.69) is 30.9 Å². The van der Waals surface area contributed by atoms with Gasteiger partial charge in [-0.15, -0.1) is 11.3 Å². The van der Waals surface area contributed by atoms with Crippen LogP contribution in [0.3, 0.4) is 0 Å². The summed E-state index contributed by atoms with van der Waals surface area (Å²) in [5, 5.41) is 0. The third-order valence-corrected chi connectivity index (χ3v) is 5.86. The van der Waals surface area contributed by atoms with Crippen molar-refractivity contribution >= 4 is 11.3 Å². The van der Waals surface area contributed by atoms with Crippen LogP contribution in [-0.2, 0) is 12.8 Å². The number of aryl methyl sites for hydroxylation is 1. The lowest BCUT2D eigenvalue weighted by molar-refractivity contribution is 0.191. The fraction of sp³-hybridized carbons (Fsp3) is 0.733. The van der Waals surface area contributed by atoms with E-state index in [0.717, 1.165) is 18.1 Å². The Hall–Kier alpha value is -0.340. The molecule has 0 radical (unpaired) electrons. The van der Waals surface area contributed by atoms with Gasteiger partial charge in [0.05, 0.1) is 0 Å². The van der Waals surface area contributed by atoms with Crippen LogP contribution in [0.5, 0.6) is 0 Å². The zero-order valence-electron chi connectivity index (χ0n) is 11.0. The second-order valence-electron chi connectivity index (χ2n) is 5.68. The molecule has 0 aliphatic carbocycles. The maximum absolute atomic E-state index is 2.82. The highest BCUT2D eigenvalue weighted by molar-refractivity contribution is 7.11. The largest absolute Gasteiger partial charge is 0.294 e. The molecule has 0 saturated carbocycles. The molecule has 2 aliphatic heterocycles. The summed E-state index contributed by atoms with van der Waals surface area (Å²) in [5.41, 5.74) is 0. The third-order valence-electron chi connectivity index (χ3n) is 4.61. The van der Waals surface area contributed by atoms with E-state index < -0.39 is 0 Å². The van der Waals surface area contributed by atoms with Gasteiger partial charge in [0.15, 0.2) is 0 Å². The summed E-state index contributed by atoms with van der Waals surface area (Å²) in [7, 11) is 0. The molecular formula is C15H23NS. The van der Waals surface area contributed by atoms with Gasteiger partial charge in [0.1, 0.15) is 0 Å². The lowest BCUT2D eigenvalue weighted by atomic mass is 10.1. The van der Waals surface area contributed by atoms with Crippen LogP contribution in [-0.4, -0.2) is 23.0 Å². The summed E-state index contributed by atoms with van der Waals surface area (Å²) >= 11 is 2.03. The SMILES string of the molecule is CCc1ccc(C[C@H]2CC[C@H]3CC[C@@H](C)N32)s1. The van der Waals surface area contributed by atoms with Crippen molar-refractivity contribution in [1.82, 2.24) is 4.90 Å². The van der Waals surface area contributed by atoms with Crippen LogP contribution in [0.15, 0.2) is 12.1 Å². The van der Waals surface area contributed by atoms with Crippen LogP contribution in [0.2, 0.25) is 0 Å². The number of rotatable bonds is 3. The van der Waals surface area contributed by atoms with Gasteiger partial charge in [-0.25, -0.2) is 0 Å². The number of hydrogen-bond acceptors (Lipinski definition) is 2. The Bertz CT molecular complexity index is 384. The van der Waals surface area contributed by atoms with Crippen molar-refractivity contribution in [3.63, 3.8) is 0 Å². The van der Waals surface area contributed by atoms with Gasteiger partial charge in [0, 0.05) is 27.9 Å². The predicted octanol–water partition coefficient (Wildman–Crippen LogP) is 3.87. The Balaban J connectivity index is 1.69. The van der Waals surface area contributed by atoms with Gasteiger partial charge >= 0.3 is 0 Å². The molecule has 1 aromatic rings. The van der Waals surface area contributed by atoms with E-state index in [1.807, 2.05) is 11.3 Å². The first-order valence-electron chi connectivity index (χ1n) is 7.13. The summed E-state index contributed by atoms with van der Waals surface area (Å²) in [5.74, 6) is 0. The van der Waals surface area contributed by atoms with Crippen LogP contribution < -0.4 is 0 Å². The first kappa shape index (κ1) is 11.7. The van der Waals surface area contributed by atoms with Crippen molar-refractivity contribution in [2.75, 3.05) is 0 Å². The van der Waals surface area contributed by atoms with Gasteiger partial charge in [0.25, 0.3) is 0 Å². The van der Waals surface area contributed by atoms with E-state index >= 15 is 0 Å². The Morgan fingerprint density at radius 3 is 2.71 bits per heavy atom. The highest BCUT2D eigenvalue weighted by atomic mass is 32.1. The van der Waals surface area contributed by atoms with Crippen molar-refractivity contribution in [2.45, 2.75) is 70.5 Å². The summed E-state index contributed by atoms with van der Waals surface area (Å²) in [4.78, 5) is 5.97. The second kappa shape index (κ2) is 4.74. The molecule has 0 bridgehead atoms. The molecule has 0 aromatic carbocycles. The summed E-state index contributed by atoms with van der Waals surface area (Å²) in [6.07, 6.45) is 8.23. The molecule has 17 heavy (non-hydrogen) atoms. The maximum Gasteiger partial charge on any atom is 0.0150 e. The third kappa shape index (κ3) is 2.17. The fourth-order valence-electron chi connectivity index (χ4n) is 3.74. The first-order valence-corrected chi connectivity index (χ1v) is 7.94. The minimum absolute atomic E-state index is 0.832. The molecule has 1 nitrogen and oxygen atoms in total. The van der Waals surface area contributed by atoms with Crippen molar-refractivity contribution in [3.8, 4) is 0 Å². The van der Waals surface area contributed by atoms with Crippen LogP contribution in [0.25, 0.3) is 0 Å². The topological polar surface area (TPSA) is 3.24 Å². The maximum atomic E-state index is 2.82. The molecule has 3 heterocycles. The lowest BCUT2D eigenvalue weighted by Crippen LogP contribution is -2.37. The van der Waals surface area contributed by atoms with Gasteiger partial charge in [-0.05, 0) is 57.6 Å². The molecule has 2 aliphatic rings. The van der Waals surface area contributed by atoms with Gasteiger partial charge in [-0.1, -0.05) is 6.92 Å². The molecular weight excluding hydrogens is 226 g/mol. The van der Waals surface area contributed by atoms with E-state index in [-0.39, 0.29) is 0 Å². The molecule has 0 unspecified atom stereocenters. The molecule has 0 spiro atoms. The Morgan fingerprint density at radius 1 is 1.18 bits per heavy atom. The molecule has 1 aromatic heterocycles. The second-order valence-corrected chi connectivity index (χ2v) is 6.94. The zero-order chi connectivity index (χ0) is 11.8. The summed E-state index contributed by atoms with van der Waals surface area (Å²) in [6.45, 7) is 4.67. The molecule has 2 heteroatoms. The molecule has 0 N–H and O–H groups in total. The number of nitrogens with zero attached hydrogens (tertiary/aromatic N) is 1. The van der Waals surface area contributed by atoms with Crippen LogP contribution >= 0.6 is 11.3 Å². The Labute approximate surface area is 109 Å². The Kier molecular flexibility index (Phi) is 3.27. The number of fused-ring (bicyclic) bond motifs is 1. The molecule has 94 valence electrons. The van der Waals surface area contributed by atoms with Crippen LogP contribution in [0.4, 0.5) is 0 Å². The van der Waals surface area contributed by atoms with E-state index in [4.69, 9.17) is 0 Å². The smallest absolute Gasteiger partial charge is 0.0150 e. The van der Waals surface area contributed by atoms with E-state index in [1.54, 1.807) is 9.75 Å². The standard InChI is InChI=1S/C15H23NS/c1-3-14-8-9-15(17-14)10-13-7-6-12-5-4-11(2)16(12)13/h8-9,11-13H,3-7,10H2,1-2H3/t11-,12-,13-/m1/s1. The van der Waals surface area contributed by atoms with Crippen molar-refractivity contribution in [1.29, 1.82) is 0 Å². The molecule has 0 amide bonds.